The van der Waals surface area contributed by atoms with Crippen molar-refractivity contribution in [2.75, 3.05) is 20.7 Å². The summed E-state index contributed by atoms with van der Waals surface area (Å²) in [6.07, 6.45) is 0.987. The number of ether oxygens (including phenoxy) is 1. The number of aryl methyl sites for hydroxylation is 1. The third kappa shape index (κ3) is 4.94. The molecule has 2 unspecified atom stereocenters. The molecule has 4 nitrogen and oxygen atoms in total. The molecule has 1 aromatic carbocycles. The lowest BCUT2D eigenvalue weighted by Gasteiger charge is -2.26. The number of carbonyl (C=O) groups excluding carboxylic acids is 1. The first-order chi connectivity index (χ1) is 9.47. The van der Waals surface area contributed by atoms with Gasteiger partial charge in [0.1, 0.15) is 0 Å². The molecule has 2 atom stereocenters. The number of nitrogens with zero attached hydrogens (tertiary/aromatic N) is 1. The van der Waals surface area contributed by atoms with E-state index in [1.54, 1.807) is 12.0 Å². The number of nitrogens with two attached hydrogens (primary N) is 1. The number of carbonyl (C=O) groups is 1. The van der Waals surface area contributed by atoms with Crippen molar-refractivity contribution < 1.29 is 9.53 Å². The summed E-state index contributed by atoms with van der Waals surface area (Å²) in [5, 5.41) is 0. The van der Waals surface area contributed by atoms with E-state index < -0.39 is 0 Å². The lowest BCUT2D eigenvalue weighted by atomic mass is 10.0. The zero-order valence-corrected chi connectivity index (χ0v) is 12.9. The molecule has 1 aromatic rings. The molecule has 0 aliphatic rings. The molecule has 0 spiro atoms. The van der Waals surface area contributed by atoms with Crippen molar-refractivity contribution in [2.24, 2.45) is 5.73 Å². The number of rotatable bonds is 7. The maximum atomic E-state index is 12.1. The van der Waals surface area contributed by atoms with Crippen LogP contribution in [0.1, 0.15) is 24.5 Å². The van der Waals surface area contributed by atoms with Gasteiger partial charge < -0.3 is 15.4 Å². The Morgan fingerprint density at radius 2 is 1.95 bits per heavy atom. The highest BCUT2D eigenvalue weighted by Crippen LogP contribution is 2.11. The van der Waals surface area contributed by atoms with E-state index in [1.165, 1.54) is 11.1 Å². The van der Waals surface area contributed by atoms with Crippen molar-refractivity contribution in [1.82, 2.24) is 4.90 Å². The van der Waals surface area contributed by atoms with E-state index in [-0.39, 0.29) is 18.1 Å². The first-order valence-corrected chi connectivity index (χ1v) is 7.02. The lowest BCUT2D eigenvalue weighted by Crippen LogP contribution is -2.39. The topological polar surface area (TPSA) is 55.6 Å². The molecule has 4 heteroatoms. The van der Waals surface area contributed by atoms with Gasteiger partial charge >= 0.3 is 0 Å². The molecular formula is C16H26N2O2. The van der Waals surface area contributed by atoms with Gasteiger partial charge in [0, 0.05) is 26.7 Å². The van der Waals surface area contributed by atoms with Gasteiger partial charge in [-0.05, 0) is 25.8 Å². The van der Waals surface area contributed by atoms with E-state index in [4.69, 9.17) is 10.5 Å². The highest BCUT2D eigenvalue weighted by Gasteiger charge is 2.19. The second-order valence-corrected chi connectivity index (χ2v) is 5.34. The summed E-state index contributed by atoms with van der Waals surface area (Å²) in [5.41, 5.74) is 8.04. The predicted molar refractivity (Wildman–Crippen MR) is 81.6 cm³/mol. The van der Waals surface area contributed by atoms with Gasteiger partial charge in [0.15, 0.2) is 0 Å². The summed E-state index contributed by atoms with van der Waals surface area (Å²) in [4.78, 5) is 13.9. The van der Waals surface area contributed by atoms with Gasteiger partial charge in [-0.1, -0.05) is 29.8 Å². The Balaban J connectivity index is 2.55. The second-order valence-electron chi connectivity index (χ2n) is 5.34. The summed E-state index contributed by atoms with van der Waals surface area (Å²) >= 11 is 0. The van der Waals surface area contributed by atoms with Crippen molar-refractivity contribution in [3.8, 4) is 0 Å². The predicted octanol–water partition coefficient (Wildman–Crippen LogP) is 1.75. The van der Waals surface area contributed by atoms with Gasteiger partial charge in [-0.25, -0.2) is 0 Å². The van der Waals surface area contributed by atoms with Gasteiger partial charge in [0.05, 0.1) is 12.5 Å². The van der Waals surface area contributed by atoms with Crippen molar-refractivity contribution >= 4 is 5.91 Å². The van der Waals surface area contributed by atoms with Crippen LogP contribution in [0.15, 0.2) is 24.3 Å². The van der Waals surface area contributed by atoms with Crippen LogP contribution in [0.2, 0.25) is 0 Å². The maximum absolute atomic E-state index is 12.1. The minimum absolute atomic E-state index is 0.0712. The SMILES string of the molecule is COC(CN)CC(=O)N(C)C(C)Cc1ccc(C)cc1. The number of methoxy groups -OCH3 is 1. The molecule has 0 saturated heterocycles. The maximum Gasteiger partial charge on any atom is 0.225 e. The van der Waals surface area contributed by atoms with Crippen LogP contribution in [-0.2, 0) is 16.0 Å². The average molecular weight is 278 g/mol. The van der Waals surface area contributed by atoms with E-state index in [2.05, 4.69) is 38.1 Å². The highest BCUT2D eigenvalue weighted by molar-refractivity contribution is 5.76. The van der Waals surface area contributed by atoms with Crippen LogP contribution in [-0.4, -0.2) is 43.7 Å². The molecule has 0 radical (unpaired) electrons. The molecule has 112 valence electrons. The summed E-state index contributed by atoms with van der Waals surface area (Å²) in [6, 6.07) is 8.57. The van der Waals surface area contributed by atoms with E-state index >= 15 is 0 Å². The highest BCUT2D eigenvalue weighted by atomic mass is 16.5. The average Bonchev–Trinajstić information content (AvgIpc) is 2.45. The first-order valence-electron chi connectivity index (χ1n) is 7.02. The Kier molecular flexibility index (Phi) is 6.68. The largest absolute Gasteiger partial charge is 0.380 e. The zero-order valence-electron chi connectivity index (χ0n) is 12.9. The van der Waals surface area contributed by atoms with Crippen LogP contribution in [0, 0.1) is 6.92 Å². The Bertz CT molecular complexity index is 413. The number of likely N-dealkylation sites (N-methyl/N-ethyl adjacent to an activating group) is 1. The molecule has 2 N–H and O–H groups in total. The van der Waals surface area contributed by atoms with Gasteiger partial charge in [-0.3, -0.25) is 4.79 Å². The van der Waals surface area contributed by atoms with Crippen molar-refractivity contribution in [3.63, 3.8) is 0 Å². The molecule has 0 saturated carbocycles. The molecule has 20 heavy (non-hydrogen) atoms. The van der Waals surface area contributed by atoms with Crippen LogP contribution in [0.5, 0.6) is 0 Å². The molecule has 0 aliphatic carbocycles. The number of benzene rings is 1. The van der Waals surface area contributed by atoms with Gasteiger partial charge in [0.25, 0.3) is 0 Å². The quantitative estimate of drug-likeness (QED) is 0.826. The Morgan fingerprint density at radius 1 is 1.35 bits per heavy atom. The monoisotopic (exact) mass is 278 g/mol. The Morgan fingerprint density at radius 3 is 2.45 bits per heavy atom. The standard InChI is InChI=1S/C16H26N2O2/c1-12-5-7-14(8-6-12)9-13(2)18(3)16(19)10-15(11-17)20-4/h5-8,13,15H,9-11,17H2,1-4H3. The molecular weight excluding hydrogens is 252 g/mol. The number of hydrogen-bond donors (Lipinski definition) is 1. The normalized spacial score (nSPS) is 13.8. The first kappa shape index (κ1) is 16.7. The van der Waals surface area contributed by atoms with Crippen molar-refractivity contribution in [1.29, 1.82) is 0 Å². The summed E-state index contributed by atoms with van der Waals surface area (Å²) in [7, 11) is 3.42. The molecule has 0 bridgehead atoms. The van der Waals surface area contributed by atoms with Gasteiger partial charge in [-0.15, -0.1) is 0 Å². The van der Waals surface area contributed by atoms with Crippen LogP contribution >= 0.6 is 0 Å². The lowest BCUT2D eigenvalue weighted by molar-refractivity contribution is -0.134. The van der Waals surface area contributed by atoms with E-state index in [0.717, 1.165) is 6.42 Å². The third-order valence-electron chi connectivity index (χ3n) is 3.70. The minimum atomic E-state index is -0.198. The summed E-state index contributed by atoms with van der Waals surface area (Å²) in [5.74, 6) is 0.0712. The van der Waals surface area contributed by atoms with Crippen molar-refractivity contribution in [2.45, 2.75) is 38.8 Å². The zero-order chi connectivity index (χ0) is 15.1. The van der Waals surface area contributed by atoms with Crippen LogP contribution in [0.3, 0.4) is 0 Å². The Hall–Kier alpha value is -1.39. The van der Waals surface area contributed by atoms with Gasteiger partial charge in [0.2, 0.25) is 5.91 Å². The number of amides is 1. The van der Waals surface area contributed by atoms with E-state index in [1.807, 2.05) is 7.05 Å². The fourth-order valence-corrected chi connectivity index (χ4v) is 2.05. The van der Waals surface area contributed by atoms with Crippen LogP contribution < -0.4 is 5.73 Å². The molecule has 0 aromatic heterocycles. The summed E-state index contributed by atoms with van der Waals surface area (Å²) in [6.45, 7) is 4.49. The third-order valence-corrected chi connectivity index (χ3v) is 3.70. The van der Waals surface area contributed by atoms with Crippen LogP contribution in [0.4, 0.5) is 0 Å². The molecule has 0 heterocycles. The van der Waals surface area contributed by atoms with Crippen LogP contribution in [0.25, 0.3) is 0 Å². The van der Waals surface area contributed by atoms with Gasteiger partial charge in [-0.2, -0.15) is 0 Å². The fraction of sp³-hybridized carbons (Fsp3) is 0.562. The molecule has 0 fully saturated rings. The van der Waals surface area contributed by atoms with E-state index in [9.17, 15) is 4.79 Å². The Labute approximate surface area is 121 Å². The summed E-state index contributed by atoms with van der Waals surface area (Å²) < 4.78 is 5.16. The molecule has 1 amide bonds. The smallest absolute Gasteiger partial charge is 0.225 e. The van der Waals surface area contributed by atoms with E-state index in [0.29, 0.717) is 13.0 Å². The molecule has 1 rings (SSSR count). The second kappa shape index (κ2) is 8.02. The number of hydrogen-bond acceptors (Lipinski definition) is 3. The minimum Gasteiger partial charge on any atom is -0.380 e. The molecule has 0 aliphatic heterocycles. The fourth-order valence-electron chi connectivity index (χ4n) is 2.05. The van der Waals surface area contributed by atoms with Crippen molar-refractivity contribution in [3.05, 3.63) is 35.4 Å².